The molecule has 0 bridgehead atoms. The molecule has 2 aliphatic rings. The van der Waals surface area contributed by atoms with Crippen molar-refractivity contribution in [3.05, 3.63) is 75.9 Å². The Morgan fingerprint density at radius 3 is 2.67 bits per heavy atom. The highest BCUT2D eigenvalue weighted by molar-refractivity contribution is 5.93. The van der Waals surface area contributed by atoms with Crippen LogP contribution in [0, 0.1) is 26.7 Å². The number of ether oxygens (including phenoxy) is 2. The molecule has 2 aromatic carbocycles. The van der Waals surface area contributed by atoms with Crippen molar-refractivity contribution in [2.75, 3.05) is 0 Å². The van der Waals surface area contributed by atoms with Crippen LogP contribution in [-0.2, 0) is 16.0 Å². The van der Waals surface area contributed by atoms with E-state index < -0.39 is 0 Å². The molecule has 2 aromatic rings. The van der Waals surface area contributed by atoms with Gasteiger partial charge >= 0.3 is 11.9 Å². The quantitative estimate of drug-likeness (QED) is 0.447. The molecule has 1 aliphatic heterocycles. The van der Waals surface area contributed by atoms with Crippen LogP contribution in [0.15, 0.2) is 42.5 Å². The summed E-state index contributed by atoms with van der Waals surface area (Å²) >= 11 is 0. The average molecular weight is 362 g/mol. The first-order chi connectivity index (χ1) is 12.9. The van der Waals surface area contributed by atoms with E-state index in [1.165, 1.54) is 5.56 Å². The first-order valence-electron chi connectivity index (χ1n) is 9.19. The Morgan fingerprint density at radius 2 is 1.93 bits per heavy atom. The van der Waals surface area contributed by atoms with Gasteiger partial charge in [0.2, 0.25) is 0 Å². The summed E-state index contributed by atoms with van der Waals surface area (Å²) in [4.78, 5) is 24.7. The van der Waals surface area contributed by atoms with Crippen LogP contribution in [-0.4, -0.2) is 11.9 Å². The first kappa shape index (κ1) is 17.5. The van der Waals surface area contributed by atoms with E-state index in [4.69, 9.17) is 9.47 Å². The number of hydrogen-bond donors (Lipinski definition) is 0. The van der Waals surface area contributed by atoms with E-state index in [2.05, 4.69) is 6.58 Å². The molecule has 1 aliphatic carbocycles. The molecule has 4 heteroatoms. The standard InChI is InChI=1S/C23H22O4/c1-12-7-5-6-8-17(12)23(25)26-19-11-13(2)16-9-10-18-14(3)22(24)27-21(18)20(16)15(19)4/h5-8,11,18,21H,3,9-10H2,1-2,4H3. The third kappa shape index (κ3) is 2.76. The molecular formula is C23H22O4. The van der Waals surface area contributed by atoms with Gasteiger partial charge in [-0.05, 0) is 68.0 Å². The van der Waals surface area contributed by atoms with Gasteiger partial charge in [0, 0.05) is 17.1 Å². The second kappa shape index (κ2) is 6.38. The largest absolute Gasteiger partial charge is 0.453 e. The number of fused-ring (bicyclic) bond motifs is 3. The molecule has 4 nitrogen and oxygen atoms in total. The minimum atomic E-state index is -0.379. The van der Waals surface area contributed by atoms with Crippen molar-refractivity contribution in [3.63, 3.8) is 0 Å². The fourth-order valence-electron chi connectivity index (χ4n) is 4.24. The second-order valence-electron chi connectivity index (χ2n) is 7.41. The van der Waals surface area contributed by atoms with Crippen LogP contribution in [0.2, 0.25) is 0 Å². The van der Waals surface area contributed by atoms with Crippen molar-refractivity contribution in [1.82, 2.24) is 0 Å². The number of rotatable bonds is 2. The molecule has 0 radical (unpaired) electrons. The maximum Gasteiger partial charge on any atom is 0.343 e. The summed E-state index contributed by atoms with van der Waals surface area (Å²) < 4.78 is 11.4. The number of aryl methyl sites for hydroxylation is 2. The van der Waals surface area contributed by atoms with Crippen molar-refractivity contribution in [3.8, 4) is 5.75 Å². The third-order valence-electron chi connectivity index (χ3n) is 5.79. The summed E-state index contributed by atoms with van der Waals surface area (Å²) in [5, 5.41) is 0. The maximum atomic E-state index is 12.7. The highest BCUT2D eigenvalue weighted by Gasteiger charge is 2.44. The molecule has 27 heavy (non-hydrogen) atoms. The van der Waals surface area contributed by atoms with Crippen LogP contribution in [0.4, 0.5) is 0 Å². The van der Waals surface area contributed by atoms with E-state index in [-0.39, 0.29) is 24.0 Å². The molecule has 2 unspecified atom stereocenters. The lowest BCUT2D eigenvalue weighted by Gasteiger charge is -2.30. The monoisotopic (exact) mass is 362 g/mol. The molecule has 1 saturated heterocycles. The molecule has 0 N–H and O–H groups in total. The van der Waals surface area contributed by atoms with Crippen LogP contribution in [0.3, 0.4) is 0 Å². The zero-order chi connectivity index (χ0) is 19.3. The zero-order valence-corrected chi connectivity index (χ0v) is 15.8. The lowest BCUT2D eigenvalue weighted by Crippen LogP contribution is -2.21. The molecule has 0 aromatic heterocycles. The van der Waals surface area contributed by atoms with Crippen molar-refractivity contribution < 1.29 is 19.1 Å². The molecule has 1 fully saturated rings. The van der Waals surface area contributed by atoms with Gasteiger partial charge in [0.25, 0.3) is 0 Å². The molecule has 0 saturated carbocycles. The predicted octanol–water partition coefficient (Wildman–Crippen LogP) is 4.55. The summed E-state index contributed by atoms with van der Waals surface area (Å²) in [6.45, 7) is 9.73. The van der Waals surface area contributed by atoms with Gasteiger partial charge in [0.05, 0.1) is 5.56 Å². The topological polar surface area (TPSA) is 52.6 Å². The van der Waals surface area contributed by atoms with E-state index in [0.29, 0.717) is 16.9 Å². The third-order valence-corrected chi connectivity index (χ3v) is 5.79. The maximum absolute atomic E-state index is 12.7. The lowest BCUT2D eigenvalue weighted by atomic mass is 9.76. The Kier molecular flexibility index (Phi) is 4.14. The van der Waals surface area contributed by atoms with E-state index in [1.807, 2.05) is 45.0 Å². The highest BCUT2D eigenvalue weighted by atomic mass is 16.6. The molecule has 2 atom stereocenters. The second-order valence-corrected chi connectivity index (χ2v) is 7.41. The van der Waals surface area contributed by atoms with Gasteiger partial charge in [-0.25, -0.2) is 9.59 Å². The summed E-state index contributed by atoms with van der Waals surface area (Å²) in [6, 6.07) is 9.27. The molecule has 4 rings (SSSR count). The number of carbonyl (C=O) groups is 2. The Morgan fingerprint density at radius 1 is 1.19 bits per heavy atom. The average Bonchev–Trinajstić information content (AvgIpc) is 2.93. The first-order valence-corrected chi connectivity index (χ1v) is 9.19. The SMILES string of the molecule is C=C1C(=O)OC2c3c(C)c(OC(=O)c4ccccc4C)cc(C)c3CCC12. The van der Waals surface area contributed by atoms with E-state index in [0.717, 1.165) is 35.1 Å². The van der Waals surface area contributed by atoms with Gasteiger partial charge in [-0.3, -0.25) is 0 Å². The zero-order valence-electron chi connectivity index (χ0n) is 15.8. The minimum Gasteiger partial charge on any atom is -0.453 e. The van der Waals surface area contributed by atoms with Crippen LogP contribution in [0.5, 0.6) is 5.75 Å². The van der Waals surface area contributed by atoms with Gasteiger partial charge in [-0.1, -0.05) is 24.8 Å². The van der Waals surface area contributed by atoms with E-state index in [1.54, 1.807) is 6.07 Å². The fourth-order valence-corrected chi connectivity index (χ4v) is 4.24. The van der Waals surface area contributed by atoms with Crippen LogP contribution < -0.4 is 4.74 Å². The fraction of sp³-hybridized carbons (Fsp3) is 0.304. The van der Waals surface area contributed by atoms with Crippen molar-refractivity contribution in [1.29, 1.82) is 0 Å². The van der Waals surface area contributed by atoms with Crippen molar-refractivity contribution in [2.24, 2.45) is 5.92 Å². The van der Waals surface area contributed by atoms with Crippen LogP contribution in [0.25, 0.3) is 0 Å². The van der Waals surface area contributed by atoms with E-state index in [9.17, 15) is 9.59 Å². The molecule has 0 amide bonds. The Balaban J connectivity index is 1.74. The Labute approximate surface area is 158 Å². The number of esters is 2. The van der Waals surface area contributed by atoms with Crippen LogP contribution in [0.1, 0.15) is 50.7 Å². The highest BCUT2D eigenvalue weighted by Crippen LogP contribution is 2.49. The summed E-state index contributed by atoms with van der Waals surface area (Å²) in [6.07, 6.45) is 1.39. The number of hydrogen-bond acceptors (Lipinski definition) is 4. The van der Waals surface area contributed by atoms with E-state index >= 15 is 0 Å². The van der Waals surface area contributed by atoms with Gasteiger partial charge in [-0.2, -0.15) is 0 Å². The summed E-state index contributed by atoms with van der Waals surface area (Å²) in [7, 11) is 0. The molecule has 1 heterocycles. The number of carbonyl (C=O) groups excluding carboxylic acids is 2. The molecule has 138 valence electrons. The predicted molar refractivity (Wildman–Crippen MR) is 102 cm³/mol. The Hall–Kier alpha value is -2.88. The van der Waals surface area contributed by atoms with Gasteiger partial charge in [0.1, 0.15) is 11.9 Å². The van der Waals surface area contributed by atoms with Crippen molar-refractivity contribution in [2.45, 2.75) is 39.7 Å². The lowest BCUT2D eigenvalue weighted by molar-refractivity contribution is -0.139. The van der Waals surface area contributed by atoms with Gasteiger partial charge in [-0.15, -0.1) is 0 Å². The van der Waals surface area contributed by atoms with Crippen molar-refractivity contribution >= 4 is 11.9 Å². The van der Waals surface area contributed by atoms with Gasteiger partial charge < -0.3 is 9.47 Å². The Bertz CT molecular complexity index is 986. The summed E-state index contributed by atoms with van der Waals surface area (Å²) in [5.74, 6) is -0.174. The van der Waals surface area contributed by atoms with Gasteiger partial charge in [0.15, 0.2) is 0 Å². The smallest absolute Gasteiger partial charge is 0.343 e. The number of benzene rings is 2. The van der Waals surface area contributed by atoms with Crippen LogP contribution >= 0.6 is 0 Å². The normalized spacial score (nSPS) is 20.7. The minimum absolute atomic E-state index is 0.00502. The molecule has 0 spiro atoms. The summed E-state index contributed by atoms with van der Waals surface area (Å²) in [5.41, 5.74) is 6.04. The molecular weight excluding hydrogens is 340 g/mol.